The van der Waals surface area contributed by atoms with Gasteiger partial charge in [0.15, 0.2) is 0 Å². The van der Waals surface area contributed by atoms with Gasteiger partial charge in [-0.25, -0.2) is 0 Å². The van der Waals surface area contributed by atoms with Crippen molar-refractivity contribution in [3.05, 3.63) is 29.3 Å². The Bertz CT molecular complexity index is 398. The van der Waals surface area contributed by atoms with Crippen LogP contribution in [0.5, 0.6) is 5.75 Å². The monoisotopic (exact) mass is 262 g/mol. The van der Waals surface area contributed by atoms with Crippen LogP contribution >= 0.6 is 0 Å². The van der Waals surface area contributed by atoms with Crippen LogP contribution in [0.4, 0.5) is 0 Å². The summed E-state index contributed by atoms with van der Waals surface area (Å²) < 4.78 is 5.42. The Labute approximate surface area is 116 Å². The van der Waals surface area contributed by atoms with E-state index in [2.05, 4.69) is 42.7 Å². The molecule has 1 aliphatic rings. The molecule has 3 nitrogen and oxygen atoms in total. The van der Waals surface area contributed by atoms with Crippen molar-refractivity contribution in [1.29, 1.82) is 0 Å². The summed E-state index contributed by atoms with van der Waals surface area (Å²) in [5.74, 6) is 2.29. The third-order valence-electron chi connectivity index (χ3n) is 3.84. The van der Waals surface area contributed by atoms with Gasteiger partial charge in [-0.3, -0.25) is 0 Å². The fourth-order valence-electron chi connectivity index (χ4n) is 2.65. The van der Waals surface area contributed by atoms with Crippen LogP contribution in [0.2, 0.25) is 0 Å². The Morgan fingerprint density at radius 3 is 2.89 bits per heavy atom. The summed E-state index contributed by atoms with van der Waals surface area (Å²) in [6, 6.07) is 6.51. The number of methoxy groups -OCH3 is 1. The van der Waals surface area contributed by atoms with Gasteiger partial charge in [0, 0.05) is 6.54 Å². The highest BCUT2D eigenvalue weighted by molar-refractivity contribution is 5.39. The van der Waals surface area contributed by atoms with Crippen LogP contribution in [0, 0.1) is 5.92 Å². The van der Waals surface area contributed by atoms with Crippen LogP contribution in [0.15, 0.2) is 18.2 Å². The second-order valence-corrected chi connectivity index (χ2v) is 5.72. The van der Waals surface area contributed by atoms with Crippen molar-refractivity contribution in [2.75, 3.05) is 26.7 Å². The van der Waals surface area contributed by atoms with E-state index in [0.717, 1.165) is 31.3 Å². The molecule has 1 aliphatic heterocycles. The van der Waals surface area contributed by atoms with Crippen LogP contribution in [0.3, 0.4) is 0 Å². The van der Waals surface area contributed by atoms with Crippen LogP contribution in [0.1, 0.15) is 37.3 Å². The lowest BCUT2D eigenvalue weighted by atomic mass is 9.99. The number of benzene rings is 1. The summed E-state index contributed by atoms with van der Waals surface area (Å²) in [6.45, 7) is 8.80. The molecular formula is C16H26N2O. The van der Waals surface area contributed by atoms with E-state index in [1.165, 1.54) is 24.1 Å². The minimum atomic E-state index is 0.494. The van der Waals surface area contributed by atoms with Gasteiger partial charge in [-0.1, -0.05) is 26.0 Å². The molecule has 1 atom stereocenters. The van der Waals surface area contributed by atoms with Gasteiger partial charge < -0.3 is 15.4 Å². The standard InChI is InChI=1S/C16H26N2O/c1-12(2)15-8-13(4-5-16(15)19-3)9-18-11-14-6-7-17-10-14/h4-5,8,12,14,17-18H,6-7,9-11H2,1-3H3. The molecule has 0 aliphatic carbocycles. The average molecular weight is 262 g/mol. The largest absolute Gasteiger partial charge is 0.496 e. The summed E-state index contributed by atoms with van der Waals surface area (Å²) in [5, 5.41) is 6.97. The number of hydrogen-bond acceptors (Lipinski definition) is 3. The molecule has 1 heterocycles. The Morgan fingerprint density at radius 1 is 1.42 bits per heavy atom. The molecule has 1 aromatic carbocycles. The zero-order valence-electron chi connectivity index (χ0n) is 12.3. The third kappa shape index (κ3) is 3.95. The normalized spacial score (nSPS) is 19.1. The molecule has 19 heavy (non-hydrogen) atoms. The number of ether oxygens (including phenoxy) is 1. The molecule has 1 aromatic rings. The van der Waals surface area contributed by atoms with E-state index in [1.807, 2.05) is 0 Å². The summed E-state index contributed by atoms with van der Waals surface area (Å²) >= 11 is 0. The van der Waals surface area contributed by atoms with E-state index in [0.29, 0.717) is 5.92 Å². The van der Waals surface area contributed by atoms with Gasteiger partial charge in [0.05, 0.1) is 7.11 Å². The molecule has 0 spiro atoms. The molecule has 0 saturated carbocycles. The van der Waals surface area contributed by atoms with Gasteiger partial charge in [-0.2, -0.15) is 0 Å². The zero-order chi connectivity index (χ0) is 13.7. The molecule has 0 aromatic heterocycles. The second-order valence-electron chi connectivity index (χ2n) is 5.72. The first-order chi connectivity index (χ1) is 9.20. The topological polar surface area (TPSA) is 33.3 Å². The molecule has 0 radical (unpaired) electrons. The summed E-state index contributed by atoms with van der Waals surface area (Å²) in [4.78, 5) is 0. The van der Waals surface area contributed by atoms with Gasteiger partial charge in [-0.05, 0) is 55.1 Å². The lowest BCUT2D eigenvalue weighted by molar-refractivity contribution is 0.407. The number of nitrogens with one attached hydrogen (secondary N) is 2. The summed E-state index contributed by atoms with van der Waals surface area (Å²) in [6.07, 6.45) is 1.30. The molecule has 2 N–H and O–H groups in total. The fraction of sp³-hybridized carbons (Fsp3) is 0.625. The first-order valence-electron chi connectivity index (χ1n) is 7.29. The number of rotatable bonds is 6. The minimum Gasteiger partial charge on any atom is -0.496 e. The summed E-state index contributed by atoms with van der Waals surface area (Å²) in [5.41, 5.74) is 2.64. The van der Waals surface area contributed by atoms with Crippen molar-refractivity contribution in [3.63, 3.8) is 0 Å². The molecule has 0 amide bonds. The van der Waals surface area contributed by atoms with E-state index < -0.39 is 0 Å². The van der Waals surface area contributed by atoms with Crippen molar-refractivity contribution >= 4 is 0 Å². The SMILES string of the molecule is COc1ccc(CNCC2CCNC2)cc1C(C)C. The number of hydrogen-bond donors (Lipinski definition) is 2. The van der Waals surface area contributed by atoms with Crippen molar-refractivity contribution in [2.24, 2.45) is 5.92 Å². The Balaban J connectivity index is 1.90. The van der Waals surface area contributed by atoms with Crippen LogP contribution in [0.25, 0.3) is 0 Å². The first-order valence-corrected chi connectivity index (χ1v) is 7.29. The van der Waals surface area contributed by atoms with Gasteiger partial charge in [0.25, 0.3) is 0 Å². The predicted molar refractivity (Wildman–Crippen MR) is 79.8 cm³/mol. The third-order valence-corrected chi connectivity index (χ3v) is 3.84. The minimum absolute atomic E-state index is 0.494. The van der Waals surface area contributed by atoms with Crippen LogP contribution in [-0.4, -0.2) is 26.7 Å². The van der Waals surface area contributed by atoms with Crippen LogP contribution < -0.4 is 15.4 Å². The molecule has 0 bridgehead atoms. The molecule has 1 saturated heterocycles. The smallest absolute Gasteiger partial charge is 0.122 e. The van der Waals surface area contributed by atoms with Crippen molar-refractivity contribution in [1.82, 2.24) is 10.6 Å². The molecule has 1 unspecified atom stereocenters. The fourth-order valence-corrected chi connectivity index (χ4v) is 2.65. The van der Waals surface area contributed by atoms with Crippen molar-refractivity contribution in [2.45, 2.75) is 32.7 Å². The van der Waals surface area contributed by atoms with Crippen molar-refractivity contribution in [3.8, 4) is 5.75 Å². The highest BCUT2D eigenvalue weighted by atomic mass is 16.5. The Hall–Kier alpha value is -1.06. The maximum Gasteiger partial charge on any atom is 0.122 e. The van der Waals surface area contributed by atoms with Crippen molar-refractivity contribution < 1.29 is 4.74 Å². The van der Waals surface area contributed by atoms with Gasteiger partial charge >= 0.3 is 0 Å². The van der Waals surface area contributed by atoms with Gasteiger partial charge in [-0.15, -0.1) is 0 Å². The van der Waals surface area contributed by atoms with E-state index in [4.69, 9.17) is 4.74 Å². The quantitative estimate of drug-likeness (QED) is 0.826. The van der Waals surface area contributed by atoms with E-state index in [1.54, 1.807) is 7.11 Å². The molecular weight excluding hydrogens is 236 g/mol. The lowest BCUT2D eigenvalue weighted by Gasteiger charge is -2.15. The highest BCUT2D eigenvalue weighted by Gasteiger charge is 2.13. The molecule has 2 rings (SSSR count). The van der Waals surface area contributed by atoms with Gasteiger partial charge in [0.2, 0.25) is 0 Å². The van der Waals surface area contributed by atoms with Gasteiger partial charge in [0.1, 0.15) is 5.75 Å². The highest BCUT2D eigenvalue weighted by Crippen LogP contribution is 2.27. The molecule has 3 heteroatoms. The summed E-state index contributed by atoms with van der Waals surface area (Å²) in [7, 11) is 1.74. The predicted octanol–water partition coefficient (Wildman–Crippen LogP) is 2.52. The second kappa shape index (κ2) is 6.92. The Kier molecular flexibility index (Phi) is 5.23. The zero-order valence-corrected chi connectivity index (χ0v) is 12.3. The maximum atomic E-state index is 5.42. The van der Waals surface area contributed by atoms with E-state index in [9.17, 15) is 0 Å². The van der Waals surface area contributed by atoms with E-state index in [-0.39, 0.29) is 0 Å². The van der Waals surface area contributed by atoms with E-state index >= 15 is 0 Å². The first kappa shape index (κ1) is 14.4. The average Bonchev–Trinajstić information content (AvgIpc) is 2.91. The lowest BCUT2D eigenvalue weighted by Crippen LogP contribution is -2.24. The van der Waals surface area contributed by atoms with Crippen LogP contribution in [-0.2, 0) is 6.54 Å². The maximum absolute atomic E-state index is 5.42. The molecule has 106 valence electrons. The molecule has 1 fully saturated rings. The Morgan fingerprint density at radius 2 is 2.26 bits per heavy atom.